The Morgan fingerprint density at radius 3 is 2.62 bits per heavy atom. The number of carbonyl (C=O) groups excluding carboxylic acids is 3. The van der Waals surface area contributed by atoms with Crippen LogP contribution < -0.4 is 15.5 Å². The van der Waals surface area contributed by atoms with Gasteiger partial charge in [0.25, 0.3) is 5.91 Å². The zero-order chi connectivity index (χ0) is 24.2. The lowest BCUT2D eigenvalue weighted by atomic mass is 10.0. The number of hydrogen-bond donors (Lipinski definition) is 2. The Balaban J connectivity index is 1.39. The number of thiazole rings is 1. The number of anilines is 1. The maximum Gasteiger partial charge on any atom is 0.414 e. The first-order valence-corrected chi connectivity index (χ1v) is 11.5. The van der Waals surface area contributed by atoms with Crippen LogP contribution in [0.3, 0.4) is 0 Å². The van der Waals surface area contributed by atoms with E-state index >= 15 is 0 Å². The van der Waals surface area contributed by atoms with Crippen molar-refractivity contribution in [2.24, 2.45) is 0 Å². The van der Waals surface area contributed by atoms with Crippen molar-refractivity contribution in [2.45, 2.75) is 26.5 Å². The van der Waals surface area contributed by atoms with Crippen molar-refractivity contribution in [1.82, 2.24) is 15.6 Å². The van der Waals surface area contributed by atoms with Gasteiger partial charge in [-0.1, -0.05) is 24.3 Å². The molecule has 1 saturated heterocycles. The van der Waals surface area contributed by atoms with E-state index in [1.165, 1.54) is 29.2 Å². The van der Waals surface area contributed by atoms with E-state index < -0.39 is 18.0 Å². The summed E-state index contributed by atoms with van der Waals surface area (Å²) >= 11 is 1.42. The molecule has 176 valence electrons. The number of rotatable bonds is 7. The van der Waals surface area contributed by atoms with Gasteiger partial charge in [0.05, 0.1) is 23.8 Å². The predicted molar refractivity (Wildman–Crippen MR) is 126 cm³/mol. The zero-order valence-electron chi connectivity index (χ0n) is 18.6. The van der Waals surface area contributed by atoms with E-state index in [2.05, 4.69) is 15.6 Å². The van der Waals surface area contributed by atoms with E-state index in [0.29, 0.717) is 29.1 Å². The summed E-state index contributed by atoms with van der Waals surface area (Å²) in [6.45, 7) is 3.98. The molecule has 8 nitrogen and oxygen atoms in total. The van der Waals surface area contributed by atoms with Gasteiger partial charge in [0.15, 0.2) is 0 Å². The van der Waals surface area contributed by atoms with E-state index in [1.54, 1.807) is 29.6 Å². The summed E-state index contributed by atoms with van der Waals surface area (Å²) in [7, 11) is 0. The van der Waals surface area contributed by atoms with Crippen LogP contribution in [0.5, 0.6) is 0 Å². The smallest absolute Gasteiger partial charge is 0.414 e. The molecular formula is C24H23FN4O4S. The minimum absolute atomic E-state index is 0.203. The van der Waals surface area contributed by atoms with E-state index in [9.17, 15) is 18.8 Å². The second-order valence-electron chi connectivity index (χ2n) is 7.85. The molecule has 1 aliphatic rings. The molecule has 1 aliphatic heterocycles. The Morgan fingerprint density at radius 1 is 1.21 bits per heavy atom. The molecule has 1 atom stereocenters. The summed E-state index contributed by atoms with van der Waals surface area (Å²) in [5, 5.41) is 7.97. The fourth-order valence-electron chi connectivity index (χ4n) is 3.55. The molecule has 1 fully saturated rings. The minimum atomic E-state index is -0.582. The van der Waals surface area contributed by atoms with E-state index in [0.717, 1.165) is 10.6 Å². The first kappa shape index (κ1) is 23.4. The van der Waals surface area contributed by atoms with Crippen LogP contribution in [0.4, 0.5) is 14.9 Å². The van der Waals surface area contributed by atoms with Crippen LogP contribution in [0.1, 0.15) is 28.0 Å². The number of aryl methyl sites for hydroxylation is 1. The van der Waals surface area contributed by atoms with Crippen molar-refractivity contribution in [3.63, 3.8) is 0 Å². The van der Waals surface area contributed by atoms with Gasteiger partial charge in [-0.05, 0) is 36.2 Å². The highest BCUT2D eigenvalue weighted by molar-refractivity contribution is 7.09. The van der Waals surface area contributed by atoms with Gasteiger partial charge in [0, 0.05) is 24.4 Å². The molecule has 0 aliphatic carbocycles. The number of benzene rings is 2. The highest BCUT2D eigenvalue weighted by Crippen LogP contribution is 2.29. The van der Waals surface area contributed by atoms with Crippen LogP contribution in [0, 0.1) is 12.7 Å². The van der Waals surface area contributed by atoms with Gasteiger partial charge in [0.2, 0.25) is 5.91 Å². The summed E-state index contributed by atoms with van der Waals surface area (Å²) < 4.78 is 20.1. The zero-order valence-corrected chi connectivity index (χ0v) is 19.4. The normalized spacial score (nSPS) is 15.2. The van der Waals surface area contributed by atoms with E-state index in [1.807, 2.05) is 19.1 Å². The summed E-state index contributed by atoms with van der Waals surface area (Å²) in [5.74, 6) is -0.932. The van der Waals surface area contributed by atoms with Gasteiger partial charge in [-0.3, -0.25) is 14.5 Å². The molecule has 0 spiro atoms. The summed E-state index contributed by atoms with van der Waals surface area (Å²) in [4.78, 5) is 40.9. The quantitative estimate of drug-likeness (QED) is 0.536. The average Bonchev–Trinajstić information content (AvgIpc) is 3.42. The van der Waals surface area contributed by atoms with Crippen LogP contribution in [0.2, 0.25) is 0 Å². The van der Waals surface area contributed by atoms with Crippen molar-refractivity contribution in [2.75, 3.05) is 18.0 Å². The Labute approximate surface area is 199 Å². The number of cyclic esters (lactones) is 1. The number of carbonyl (C=O) groups is 3. The fourth-order valence-corrected chi connectivity index (χ4v) is 4.14. The van der Waals surface area contributed by atoms with Gasteiger partial charge >= 0.3 is 6.09 Å². The molecule has 34 heavy (non-hydrogen) atoms. The molecule has 0 radical (unpaired) electrons. The predicted octanol–water partition coefficient (Wildman–Crippen LogP) is 3.65. The van der Waals surface area contributed by atoms with Crippen molar-refractivity contribution < 1.29 is 23.5 Å². The molecule has 0 saturated carbocycles. The van der Waals surface area contributed by atoms with Crippen molar-refractivity contribution >= 4 is 34.9 Å². The third-order valence-electron chi connectivity index (χ3n) is 5.29. The number of ether oxygens (including phenoxy) is 1. The summed E-state index contributed by atoms with van der Waals surface area (Å²) in [6.07, 6.45) is -1.08. The summed E-state index contributed by atoms with van der Waals surface area (Å²) in [5.41, 5.74) is 2.70. The van der Waals surface area contributed by atoms with Gasteiger partial charge in [0.1, 0.15) is 17.6 Å². The third kappa shape index (κ3) is 5.40. The summed E-state index contributed by atoms with van der Waals surface area (Å²) in [6, 6.07) is 11.8. The Morgan fingerprint density at radius 2 is 1.97 bits per heavy atom. The average molecular weight is 483 g/mol. The maximum absolute atomic E-state index is 14.9. The number of nitrogens with zero attached hydrogens (tertiary/aromatic N) is 2. The molecule has 2 N–H and O–H groups in total. The van der Waals surface area contributed by atoms with Crippen LogP contribution in [-0.2, 0) is 16.1 Å². The molecular weight excluding hydrogens is 459 g/mol. The van der Waals surface area contributed by atoms with Crippen LogP contribution >= 0.6 is 11.3 Å². The van der Waals surface area contributed by atoms with E-state index in [-0.39, 0.29) is 24.9 Å². The Bertz CT molecular complexity index is 1230. The highest BCUT2D eigenvalue weighted by atomic mass is 32.1. The second kappa shape index (κ2) is 10.0. The molecule has 1 unspecified atom stereocenters. The van der Waals surface area contributed by atoms with Gasteiger partial charge in [-0.2, -0.15) is 0 Å². The maximum atomic E-state index is 14.9. The number of halogens is 1. The molecule has 0 bridgehead atoms. The number of amides is 3. The van der Waals surface area contributed by atoms with Crippen LogP contribution in [-0.4, -0.2) is 42.1 Å². The van der Waals surface area contributed by atoms with Gasteiger partial charge in [-0.15, -0.1) is 11.3 Å². The van der Waals surface area contributed by atoms with Gasteiger partial charge < -0.3 is 15.4 Å². The largest absolute Gasteiger partial charge is 0.442 e. The SMILES string of the molecule is CC(=O)NCC1CN(c2ccc(-c3ccc(CNC(=O)c4csc(C)n4)cc3)c(F)c2)C(=O)O1. The molecule has 3 aromatic rings. The fraction of sp³-hybridized carbons (Fsp3) is 0.250. The van der Waals surface area contributed by atoms with E-state index in [4.69, 9.17) is 4.74 Å². The lowest BCUT2D eigenvalue weighted by Gasteiger charge is -2.15. The standard InChI is InChI=1S/C24H23FN4O4S/c1-14(30)26-11-19-12-29(24(32)33-19)18-7-8-20(21(25)9-18)17-5-3-16(4-6-17)10-27-23(31)22-13-34-15(2)28-22/h3-9,13,19H,10-12H2,1-2H3,(H,26,30)(H,27,31). The highest BCUT2D eigenvalue weighted by Gasteiger charge is 2.32. The third-order valence-corrected chi connectivity index (χ3v) is 6.06. The monoisotopic (exact) mass is 482 g/mol. The first-order valence-electron chi connectivity index (χ1n) is 10.6. The lowest BCUT2D eigenvalue weighted by Crippen LogP contribution is -2.33. The van der Waals surface area contributed by atoms with Gasteiger partial charge in [-0.25, -0.2) is 14.2 Å². The molecule has 3 amide bonds. The Kier molecular flexibility index (Phi) is 6.87. The Hall–Kier alpha value is -3.79. The number of aromatic nitrogens is 1. The molecule has 1 aromatic heterocycles. The second-order valence-corrected chi connectivity index (χ2v) is 8.91. The van der Waals surface area contributed by atoms with Crippen molar-refractivity contribution in [3.05, 3.63) is 69.9 Å². The lowest BCUT2D eigenvalue weighted by molar-refractivity contribution is -0.119. The first-order chi connectivity index (χ1) is 16.3. The number of nitrogens with one attached hydrogen (secondary N) is 2. The molecule has 4 rings (SSSR count). The van der Waals surface area contributed by atoms with Crippen molar-refractivity contribution in [3.8, 4) is 11.1 Å². The molecule has 10 heteroatoms. The number of hydrogen-bond acceptors (Lipinski definition) is 6. The molecule has 2 aromatic carbocycles. The minimum Gasteiger partial charge on any atom is -0.442 e. The van der Waals surface area contributed by atoms with Crippen LogP contribution in [0.25, 0.3) is 11.1 Å². The van der Waals surface area contributed by atoms with Crippen molar-refractivity contribution in [1.29, 1.82) is 0 Å². The topological polar surface area (TPSA) is 101 Å². The molecule has 2 heterocycles. The van der Waals surface area contributed by atoms with Crippen LogP contribution in [0.15, 0.2) is 47.8 Å².